The molecule has 2 N–H and O–H groups in total. The van der Waals surface area contributed by atoms with Crippen molar-refractivity contribution in [2.24, 2.45) is 35.3 Å². The molecule has 2 saturated carbocycles. The van der Waals surface area contributed by atoms with Crippen molar-refractivity contribution in [1.82, 2.24) is 9.80 Å². The highest BCUT2D eigenvalue weighted by atomic mass is 16.5. The minimum Gasteiger partial charge on any atom is -0.375 e. The highest BCUT2D eigenvalue weighted by Crippen LogP contribution is 2.36. The summed E-state index contributed by atoms with van der Waals surface area (Å²) >= 11 is 0. The Labute approximate surface area is 245 Å². The fourth-order valence-electron chi connectivity index (χ4n) is 7.90. The lowest BCUT2D eigenvalue weighted by Crippen LogP contribution is -2.53. The normalized spacial score (nSPS) is 32.9. The molecular formula is C35H71N3O. The topological polar surface area (TPSA) is 41.7 Å². The second-order valence-corrected chi connectivity index (χ2v) is 15.0. The first-order chi connectivity index (χ1) is 18.1. The summed E-state index contributed by atoms with van der Waals surface area (Å²) < 4.78 is 6.07. The molecule has 0 aromatic carbocycles. The number of ether oxygens (including phenoxy) is 1. The Morgan fingerprint density at radius 3 is 1.79 bits per heavy atom. The summed E-state index contributed by atoms with van der Waals surface area (Å²) in [7, 11) is 0. The van der Waals surface area contributed by atoms with Crippen LogP contribution in [-0.2, 0) is 4.74 Å². The first-order valence-electron chi connectivity index (χ1n) is 16.9. The molecule has 4 fully saturated rings. The highest BCUT2D eigenvalue weighted by molar-refractivity contribution is 4.91. The second kappa shape index (κ2) is 17.1. The number of hydrogen-bond acceptors (Lipinski definition) is 4. The summed E-state index contributed by atoms with van der Waals surface area (Å²) in [5.41, 5.74) is 6.26. The van der Waals surface area contributed by atoms with E-state index in [9.17, 15) is 0 Å². The number of hydrogen-bond donors (Lipinski definition) is 1. The van der Waals surface area contributed by atoms with Crippen molar-refractivity contribution < 1.29 is 4.74 Å². The molecule has 2 aliphatic heterocycles. The molecule has 0 radical (unpaired) electrons. The van der Waals surface area contributed by atoms with Gasteiger partial charge in [-0.25, -0.2) is 0 Å². The van der Waals surface area contributed by atoms with Gasteiger partial charge in [-0.15, -0.1) is 0 Å². The SMILES string of the molecule is C.CC(C)C1CCC(CN2CCC(N)CC2)CC1.CCC1CCC(CN2CCC(OC(C)C)CC2(C)C)CC1. The van der Waals surface area contributed by atoms with Crippen LogP contribution >= 0.6 is 0 Å². The van der Waals surface area contributed by atoms with Crippen molar-refractivity contribution in [1.29, 1.82) is 0 Å². The van der Waals surface area contributed by atoms with Gasteiger partial charge in [-0.3, -0.25) is 4.90 Å². The van der Waals surface area contributed by atoms with Crippen LogP contribution in [-0.4, -0.2) is 66.3 Å². The summed E-state index contributed by atoms with van der Waals surface area (Å²) in [5, 5.41) is 0. The number of piperidine rings is 2. The molecule has 4 rings (SSSR count). The van der Waals surface area contributed by atoms with Crippen LogP contribution in [0.5, 0.6) is 0 Å². The Morgan fingerprint density at radius 1 is 0.744 bits per heavy atom. The fraction of sp³-hybridized carbons (Fsp3) is 1.00. The quantitative estimate of drug-likeness (QED) is 0.330. The van der Waals surface area contributed by atoms with Crippen molar-refractivity contribution in [3.05, 3.63) is 0 Å². The lowest BCUT2D eigenvalue weighted by molar-refractivity contribution is -0.0712. The maximum absolute atomic E-state index is 6.07. The van der Waals surface area contributed by atoms with E-state index in [1.807, 2.05) is 0 Å². The van der Waals surface area contributed by atoms with Crippen molar-refractivity contribution in [2.45, 2.75) is 163 Å². The van der Waals surface area contributed by atoms with Crippen LogP contribution in [0.2, 0.25) is 0 Å². The fourth-order valence-corrected chi connectivity index (χ4v) is 7.90. The van der Waals surface area contributed by atoms with Crippen LogP contribution in [0.3, 0.4) is 0 Å². The molecule has 0 spiro atoms. The largest absolute Gasteiger partial charge is 0.375 e. The lowest BCUT2D eigenvalue weighted by atomic mass is 9.77. The molecule has 0 amide bonds. The van der Waals surface area contributed by atoms with E-state index in [2.05, 4.69) is 58.3 Å². The molecule has 0 aromatic rings. The standard InChI is InChI=1S/C19H37NO.C15H30N2.CH4/c1-6-16-7-9-17(10-8-16)14-20-12-11-18(21-15(2)3)13-19(20,4)5;1-12(2)14-5-3-13(4-6-14)11-17-9-7-15(16)8-10-17;/h15-18H,6-14H2,1-5H3;12-15H,3-11,16H2,1-2H3;1H4. The molecule has 2 aliphatic carbocycles. The van der Waals surface area contributed by atoms with Gasteiger partial charge in [0.15, 0.2) is 0 Å². The van der Waals surface area contributed by atoms with Crippen molar-refractivity contribution >= 4 is 0 Å². The Morgan fingerprint density at radius 2 is 1.28 bits per heavy atom. The van der Waals surface area contributed by atoms with Gasteiger partial charge in [0, 0.05) is 31.2 Å². The van der Waals surface area contributed by atoms with E-state index in [1.165, 1.54) is 116 Å². The smallest absolute Gasteiger partial charge is 0.0608 e. The van der Waals surface area contributed by atoms with Crippen LogP contribution in [0.4, 0.5) is 0 Å². The second-order valence-electron chi connectivity index (χ2n) is 15.0. The number of nitrogens with two attached hydrogens (primary N) is 1. The third-order valence-electron chi connectivity index (χ3n) is 10.8. The first-order valence-corrected chi connectivity index (χ1v) is 16.9. The monoisotopic (exact) mass is 550 g/mol. The van der Waals surface area contributed by atoms with E-state index >= 15 is 0 Å². The third kappa shape index (κ3) is 11.9. The molecule has 2 saturated heterocycles. The van der Waals surface area contributed by atoms with Crippen LogP contribution < -0.4 is 5.73 Å². The Balaban J connectivity index is 0.000000272. The first kappa shape index (κ1) is 35.0. The molecule has 4 nitrogen and oxygen atoms in total. The lowest BCUT2D eigenvalue weighted by Gasteiger charge is -2.47. The zero-order valence-electron chi connectivity index (χ0n) is 26.7. The molecule has 1 unspecified atom stereocenters. The van der Waals surface area contributed by atoms with Crippen molar-refractivity contribution in [3.8, 4) is 0 Å². The average Bonchev–Trinajstić information content (AvgIpc) is 2.87. The van der Waals surface area contributed by atoms with E-state index in [1.54, 1.807) is 0 Å². The molecule has 39 heavy (non-hydrogen) atoms. The molecule has 232 valence electrons. The van der Waals surface area contributed by atoms with Gasteiger partial charge in [0.05, 0.1) is 12.2 Å². The Hall–Kier alpha value is -0.160. The predicted octanol–water partition coefficient (Wildman–Crippen LogP) is 8.38. The zero-order valence-corrected chi connectivity index (χ0v) is 26.7. The van der Waals surface area contributed by atoms with Gasteiger partial charge in [0.1, 0.15) is 0 Å². The third-order valence-corrected chi connectivity index (χ3v) is 10.8. The van der Waals surface area contributed by atoms with Gasteiger partial charge in [-0.1, -0.05) is 47.5 Å². The van der Waals surface area contributed by atoms with Gasteiger partial charge in [0.25, 0.3) is 0 Å². The summed E-state index contributed by atoms with van der Waals surface area (Å²) in [6.07, 6.45) is 18.7. The van der Waals surface area contributed by atoms with E-state index in [-0.39, 0.29) is 7.43 Å². The molecule has 0 bridgehead atoms. The molecule has 0 aromatic heterocycles. The predicted molar refractivity (Wildman–Crippen MR) is 171 cm³/mol. The van der Waals surface area contributed by atoms with Gasteiger partial charge in [-0.2, -0.15) is 0 Å². The van der Waals surface area contributed by atoms with Crippen LogP contribution in [0.25, 0.3) is 0 Å². The van der Waals surface area contributed by atoms with E-state index < -0.39 is 0 Å². The van der Waals surface area contributed by atoms with Crippen LogP contribution in [0, 0.1) is 29.6 Å². The van der Waals surface area contributed by atoms with Crippen molar-refractivity contribution in [2.75, 3.05) is 32.7 Å². The van der Waals surface area contributed by atoms with E-state index in [0.29, 0.717) is 23.8 Å². The van der Waals surface area contributed by atoms with Gasteiger partial charge >= 0.3 is 0 Å². The van der Waals surface area contributed by atoms with E-state index in [4.69, 9.17) is 10.5 Å². The maximum atomic E-state index is 6.07. The highest BCUT2D eigenvalue weighted by Gasteiger charge is 2.37. The summed E-state index contributed by atoms with van der Waals surface area (Å²) in [6.45, 7) is 22.6. The molecule has 1 atom stereocenters. The number of rotatable bonds is 8. The van der Waals surface area contributed by atoms with Gasteiger partial charge in [-0.05, 0) is 135 Å². The molecule has 2 heterocycles. The van der Waals surface area contributed by atoms with E-state index in [0.717, 1.165) is 29.6 Å². The average molecular weight is 550 g/mol. The maximum Gasteiger partial charge on any atom is 0.0608 e. The summed E-state index contributed by atoms with van der Waals surface area (Å²) in [4.78, 5) is 5.41. The number of nitrogens with zero attached hydrogens (tertiary/aromatic N) is 2. The minimum atomic E-state index is 0. The molecular weight excluding hydrogens is 478 g/mol. The van der Waals surface area contributed by atoms with Gasteiger partial charge in [0.2, 0.25) is 0 Å². The zero-order chi connectivity index (χ0) is 27.7. The molecule has 4 aliphatic rings. The summed E-state index contributed by atoms with van der Waals surface area (Å²) in [6, 6.07) is 0.475. The van der Waals surface area contributed by atoms with Crippen LogP contribution in [0.1, 0.15) is 139 Å². The number of likely N-dealkylation sites (tertiary alicyclic amines) is 2. The van der Waals surface area contributed by atoms with Crippen molar-refractivity contribution in [3.63, 3.8) is 0 Å². The van der Waals surface area contributed by atoms with Crippen LogP contribution in [0.15, 0.2) is 0 Å². The Kier molecular flexibility index (Phi) is 15.3. The molecule has 4 heteroatoms. The van der Waals surface area contributed by atoms with Gasteiger partial charge < -0.3 is 15.4 Å². The summed E-state index contributed by atoms with van der Waals surface area (Å²) in [5.74, 6) is 4.82. The Bertz CT molecular complexity index is 626. The minimum absolute atomic E-state index is 0.